The van der Waals surface area contributed by atoms with Crippen molar-refractivity contribution in [2.45, 2.75) is 24.7 Å². The number of amides is 1. The van der Waals surface area contributed by atoms with Crippen LogP contribution in [0.1, 0.15) is 29.9 Å². The van der Waals surface area contributed by atoms with Gasteiger partial charge in [-0.25, -0.2) is 22.2 Å². The molecule has 174 valence electrons. The number of halogens is 2. The van der Waals surface area contributed by atoms with E-state index in [2.05, 4.69) is 15.5 Å². The Labute approximate surface area is 193 Å². The van der Waals surface area contributed by atoms with Gasteiger partial charge in [0.2, 0.25) is 15.9 Å². The Morgan fingerprint density at radius 1 is 1.27 bits per heavy atom. The predicted octanol–water partition coefficient (Wildman–Crippen LogP) is 3.93. The van der Waals surface area contributed by atoms with Crippen molar-refractivity contribution in [1.82, 2.24) is 14.4 Å². The molecule has 0 spiro atoms. The van der Waals surface area contributed by atoms with Crippen LogP contribution in [0.5, 0.6) is 0 Å². The van der Waals surface area contributed by atoms with Gasteiger partial charge in [0.1, 0.15) is 17.3 Å². The highest BCUT2D eigenvalue weighted by atomic mass is 32.2. The fourth-order valence-corrected chi connectivity index (χ4v) is 5.83. The van der Waals surface area contributed by atoms with E-state index in [0.717, 1.165) is 12.1 Å². The Kier molecular flexibility index (Phi) is 6.68. The van der Waals surface area contributed by atoms with E-state index in [0.29, 0.717) is 18.0 Å². The summed E-state index contributed by atoms with van der Waals surface area (Å²) >= 11 is 1.31. The zero-order valence-corrected chi connectivity index (χ0v) is 19.1. The minimum atomic E-state index is -3.97. The van der Waals surface area contributed by atoms with Gasteiger partial charge in [0.15, 0.2) is 15.8 Å². The number of thiazole rings is 1. The first kappa shape index (κ1) is 23.2. The number of aromatic nitrogens is 2. The third kappa shape index (κ3) is 5.02. The predicted molar refractivity (Wildman–Crippen MR) is 119 cm³/mol. The van der Waals surface area contributed by atoms with Gasteiger partial charge in [-0.2, -0.15) is 4.31 Å². The molecule has 0 atom stereocenters. The summed E-state index contributed by atoms with van der Waals surface area (Å²) < 4.78 is 60.1. The topological polar surface area (TPSA) is 105 Å². The number of hydrogen-bond donors (Lipinski definition) is 1. The van der Waals surface area contributed by atoms with Crippen molar-refractivity contribution in [2.24, 2.45) is 5.92 Å². The van der Waals surface area contributed by atoms with E-state index in [1.807, 2.05) is 0 Å². The van der Waals surface area contributed by atoms with Crippen LogP contribution in [0, 0.1) is 24.5 Å². The van der Waals surface area contributed by atoms with E-state index in [4.69, 9.17) is 4.52 Å². The summed E-state index contributed by atoms with van der Waals surface area (Å²) in [5, 5.41) is 8.76. The molecule has 8 nitrogen and oxygen atoms in total. The maximum absolute atomic E-state index is 13.9. The lowest BCUT2D eigenvalue weighted by Gasteiger charge is -2.30. The molecule has 4 rings (SSSR count). The highest BCUT2D eigenvalue weighted by Gasteiger charge is 2.36. The number of carbonyl (C=O) groups is 1. The molecular weight excluding hydrogens is 474 g/mol. The van der Waals surface area contributed by atoms with Crippen molar-refractivity contribution in [3.05, 3.63) is 58.4 Å². The number of rotatable bonds is 6. The third-order valence-electron chi connectivity index (χ3n) is 5.30. The van der Waals surface area contributed by atoms with Crippen molar-refractivity contribution in [2.75, 3.05) is 18.4 Å². The zero-order chi connectivity index (χ0) is 23.6. The molecule has 1 aliphatic heterocycles. The van der Waals surface area contributed by atoms with Crippen LogP contribution >= 0.6 is 11.3 Å². The first-order chi connectivity index (χ1) is 15.8. The third-order valence-corrected chi connectivity index (χ3v) is 8.04. The Hall–Kier alpha value is -2.96. The quantitative estimate of drug-likeness (QED) is 0.557. The van der Waals surface area contributed by atoms with E-state index in [9.17, 15) is 22.0 Å². The molecule has 33 heavy (non-hydrogen) atoms. The molecule has 0 aliphatic carbocycles. The zero-order valence-electron chi connectivity index (χ0n) is 17.5. The summed E-state index contributed by atoms with van der Waals surface area (Å²) in [6.07, 6.45) is 4.88. The maximum atomic E-state index is 13.9. The number of sulfonamides is 1. The second kappa shape index (κ2) is 9.49. The summed E-state index contributed by atoms with van der Waals surface area (Å²) in [5.41, 5.74) is 0.235. The molecule has 0 saturated carbocycles. The fraction of sp³-hybridized carbons (Fsp3) is 0.286. The molecule has 1 aliphatic rings. The highest BCUT2D eigenvalue weighted by Crippen LogP contribution is 2.30. The van der Waals surface area contributed by atoms with Gasteiger partial charge in [-0.1, -0.05) is 5.16 Å². The molecule has 1 fully saturated rings. The summed E-state index contributed by atoms with van der Waals surface area (Å²) in [7, 11) is -3.97. The largest absolute Gasteiger partial charge is 0.355 e. The van der Waals surface area contributed by atoms with Crippen LogP contribution in [0.15, 0.2) is 39.2 Å². The fourth-order valence-electron chi connectivity index (χ4n) is 3.58. The molecule has 3 heterocycles. The number of piperidine rings is 1. The number of anilines is 1. The van der Waals surface area contributed by atoms with E-state index >= 15 is 0 Å². The van der Waals surface area contributed by atoms with Crippen LogP contribution in [0.25, 0.3) is 12.2 Å². The van der Waals surface area contributed by atoms with Crippen LogP contribution in [-0.2, 0) is 14.8 Å². The number of aryl methyl sites for hydroxylation is 1. The molecule has 1 amide bonds. The summed E-state index contributed by atoms with van der Waals surface area (Å²) in [6.45, 7) is 1.80. The average molecular weight is 495 g/mol. The lowest BCUT2D eigenvalue weighted by Crippen LogP contribution is -2.41. The Morgan fingerprint density at radius 3 is 2.70 bits per heavy atom. The number of nitrogens with one attached hydrogen (secondary N) is 1. The molecule has 12 heteroatoms. The van der Waals surface area contributed by atoms with Crippen molar-refractivity contribution >= 4 is 44.6 Å². The number of hydrogen-bond acceptors (Lipinski definition) is 7. The Balaban J connectivity index is 1.48. The SMILES string of the molecule is Cc1noc(C=Cc2ccc(F)cc2F)c1S(=O)(=O)N1CCC(C(=O)Nc2nccs2)CC1. The van der Waals surface area contributed by atoms with Crippen molar-refractivity contribution in [3.63, 3.8) is 0 Å². The van der Waals surface area contributed by atoms with Gasteiger partial charge in [0.05, 0.1) is 0 Å². The minimum absolute atomic E-state index is 0.0557. The Bertz CT molecular complexity index is 1280. The monoisotopic (exact) mass is 494 g/mol. The maximum Gasteiger partial charge on any atom is 0.248 e. The number of carbonyl (C=O) groups excluding carboxylic acids is 1. The molecule has 2 aromatic heterocycles. The van der Waals surface area contributed by atoms with E-state index < -0.39 is 21.7 Å². The van der Waals surface area contributed by atoms with Crippen LogP contribution in [0.4, 0.5) is 13.9 Å². The average Bonchev–Trinajstić information content (AvgIpc) is 3.43. The van der Waals surface area contributed by atoms with Crippen LogP contribution in [0.2, 0.25) is 0 Å². The second-order valence-corrected chi connectivity index (χ2v) is 10.2. The van der Waals surface area contributed by atoms with Crippen LogP contribution in [-0.4, -0.2) is 41.9 Å². The number of benzene rings is 1. The van der Waals surface area contributed by atoms with Gasteiger partial charge in [0.25, 0.3) is 0 Å². The standard InChI is InChI=1S/C21H20F2N4O4S2/c1-13-19(18(31-26-13)5-3-14-2-4-16(22)12-17(14)23)33(29,30)27-9-6-15(7-10-27)20(28)25-21-24-8-11-32-21/h2-5,8,11-12,15H,6-7,9-10H2,1H3,(H,24,25,28). The van der Waals surface area contributed by atoms with Gasteiger partial charge in [0, 0.05) is 42.2 Å². The van der Waals surface area contributed by atoms with E-state index in [1.54, 1.807) is 11.6 Å². The van der Waals surface area contributed by atoms with Gasteiger partial charge >= 0.3 is 0 Å². The number of nitrogens with zero attached hydrogens (tertiary/aromatic N) is 3. The highest BCUT2D eigenvalue weighted by molar-refractivity contribution is 7.89. The van der Waals surface area contributed by atoms with Crippen molar-refractivity contribution in [3.8, 4) is 0 Å². The Morgan fingerprint density at radius 2 is 2.03 bits per heavy atom. The van der Waals surface area contributed by atoms with Crippen LogP contribution < -0.4 is 5.32 Å². The second-order valence-electron chi connectivity index (χ2n) is 7.47. The van der Waals surface area contributed by atoms with E-state index in [-0.39, 0.29) is 46.8 Å². The molecule has 1 saturated heterocycles. The molecule has 0 radical (unpaired) electrons. The molecule has 0 unspecified atom stereocenters. The van der Waals surface area contributed by atoms with Gasteiger partial charge in [-0.15, -0.1) is 11.3 Å². The molecule has 3 aromatic rings. The van der Waals surface area contributed by atoms with Crippen LogP contribution in [0.3, 0.4) is 0 Å². The summed E-state index contributed by atoms with van der Waals surface area (Å²) in [5.74, 6) is -2.07. The normalized spacial score (nSPS) is 15.8. The van der Waals surface area contributed by atoms with E-state index in [1.165, 1.54) is 40.8 Å². The summed E-state index contributed by atoms with van der Waals surface area (Å²) in [4.78, 5) is 16.3. The molecule has 0 bridgehead atoms. The van der Waals surface area contributed by atoms with Gasteiger partial charge < -0.3 is 9.84 Å². The van der Waals surface area contributed by atoms with Gasteiger partial charge in [-0.3, -0.25) is 4.79 Å². The van der Waals surface area contributed by atoms with Crippen molar-refractivity contribution in [1.29, 1.82) is 0 Å². The van der Waals surface area contributed by atoms with Crippen molar-refractivity contribution < 1.29 is 26.5 Å². The minimum Gasteiger partial charge on any atom is -0.355 e. The lowest BCUT2D eigenvalue weighted by atomic mass is 9.97. The van der Waals surface area contributed by atoms with Gasteiger partial charge in [-0.05, 0) is 44.1 Å². The first-order valence-corrected chi connectivity index (χ1v) is 12.4. The summed E-state index contributed by atoms with van der Waals surface area (Å²) in [6, 6.07) is 3.07. The first-order valence-electron chi connectivity index (χ1n) is 10.1. The molecular formula is C21H20F2N4O4S2. The molecule has 1 N–H and O–H groups in total. The smallest absolute Gasteiger partial charge is 0.248 e. The molecule has 1 aromatic carbocycles. The lowest BCUT2D eigenvalue weighted by molar-refractivity contribution is -0.120.